The second-order valence-electron chi connectivity index (χ2n) is 13.1. The van der Waals surface area contributed by atoms with E-state index in [1.165, 1.54) is 12.8 Å². The van der Waals surface area contributed by atoms with E-state index in [4.69, 9.17) is 10.5 Å². The molecule has 39 heavy (non-hydrogen) atoms. The molecule has 9 heteroatoms. The van der Waals surface area contributed by atoms with Gasteiger partial charge < -0.3 is 20.7 Å². The molecule has 0 radical (unpaired) electrons. The first-order valence-corrected chi connectivity index (χ1v) is 15.5. The van der Waals surface area contributed by atoms with Gasteiger partial charge in [0.25, 0.3) is 0 Å². The predicted octanol–water partition coefficient (Wildman–Crippen LogP) is 2.59. The summed E-state index contributed by atoms with van der Waals surface area (Å²) in [6, 6.07) is 2.46. The lowest BCUT2D eigenvalue weighted by Gasteiger charge is -2.43. The lowest BCUT2D eigenvalue weighted by molar-refractivity contribution is -0.146. The van der Waals surface area contributed by atoms with Gasteiger partial charge in [-0.3, -0.25) is 19.3 Å². The second kappa shape index (κ2) is 12.1. The zero-order valence-corrected chi connectivity index (χ0v) is 23.5. The van der Waals surface area contributed by atoms with Crippen LogP contribution in [0, 0.1) is 40.4 Å². The highest BCUT2D eigenvalue weighted by Crippen LogP contribution is 2.47. The molecule has 0 spiro atoms. The first-order valence-electron chi connectivity index (χ1n) is 15.5. The molecule has 4 atom stereocenters. The lowest BCUT2D eigenvalue weighted by atomic mass is 9.62. The molecule has 4 unspecified atom stereocenters. The first-order chi connectivity index (χ1) is 18.8. The molecule has 3 saturated carbocycles. The van der Waals surface area contributed by atoms with Crippen LogP contribution < -0.4 is 11.1 Å². The quantitative estimate of drug-likeness (QED) is 0.462. The standard InChI is InChI=1S/C30H47N5O4/c31-20-30(12-13-34(21-30)19-22-8-9-22)33-26(36)25(18-29(28(32)38)10-4-1-5-11-29)23-6-2-3-7-24(23)27(37)35-14-16-39-17-15-35/h22-25H,1-19,21H2,(H2,32,38)(H,33,36). The molecule has 0 aromatic rings. The largest absolute Gasteiger partial charge is 0.378 e. The maximum absolute atomic E-state index is 14.3. The van der Waals surface area contributed by atoms with E-state index in [0.29, 0.717) is 58.5 Å². The van der Waals surface area contributed by atoms with Crippen molar-refractivity contribution in [2.45, 2.75) is 89.0 Å². The Morgan fingerprint density at radius 1 is 0.974 bits per heavy atom. The Labute approximate surface area is 233 Å². The van der Waals surface area contributed by atoms with Crippen molar-refractivity contribution < 1.29 is 19.1 Å². The number of likely N-dealkylation sites (tertiary alicyclic amines) is 1. The Morgan fingerprint density at radius 2 is 1.69 bits per heavy atom. The Hall–Kier alpha value is -2.18. The van der Waals surface area contributed by atoms with Crippen molar-refractivity contribution >= 4 is 17.7 Å². The highest BCUT2D eigenvalue weighted by Gasteiger charge is 2.50. The molecule has 2 saturated heterocycles. The van der Waals surface area contributed by atoms with E-state index in [9.17, 15) is 19.6 Å². The van der Waals surface area contributed by atoms with Crippen LogP contribution in [0.25, 0.3) is 0 Å². The van der Waals surface area contributed by atoms with Crippen molar-refractivity contribution in [3.63, 3.8) is 0 Å². The van der Waals surface area contributed by atoms with E-state index in [2.05, 4.69) is 16.3 Å². The summed E-state index contributed by atoms with van der Waals surface area (Å²) >= 11 is 0. The second-order valence-corrected chi connectivity index (χ2v) is 13.1. The molecule has 2 aliphatic heterocycles. The van der Waals surface area contributed by atoms with Gasteiger partial charge in [0, 0.05) is 50.0 Å². The van der Waals surface area contributed by atoms with Gasteiger partial charge in [0.05, 0.1) is 19.3 Å². The molecule has 0 aromatic heterocycles. The third-order valence-corrected chi connectivity index (χ3v) is 10.4. The number of hydrogen-bond donors (Lipinski definition) is 2. The van der Waals surface area contributed by atoms with Crippen molar-refractivity contribution in [2.24, 2.45) is 34.8 Å². The van der Waals surface area contributed by atoms with Crippen molar-refractivity contribution in [1.29, 1.82) is 5.26 Å². The maximum Gasteiger partial charge on any atom is 0.226 e. The molecule has 5 aliphatic rings. The van der Waals surface area contributed by atoms with Gasteiger partial charge in [-0.2, -0.15) is 5.26 Å². The fraction of sp³-hybridized carbons (Fsp3) is 0.867. The van der Waals surface area contributed by atoms with E-state index in [0.717, 1.165) is 64.0 Å². The number of nitrogens with zero attached hydrogens (tertiary/aromatic N) is 3. The van der Waals surface area contributed by atoms with E-state index in [1.54, 1.807) is 0 Å². The fourth-order valence-electron chi connectivity index (χ4n) is 7.87. The van der Waals surface area contributed by atoms with Gasteiger partial charge in [0.15, 0.2) is 0 Å². The molecular weight excluding hydrogens is 494 g/mol. The third-order valence-electron chi connectivity index (χ3n) is 10.4. The van der Waals surface area contributed by atoms with Crippen LogP contribution in [-0.2, 0) is 19.1 Å². The number of primary amides is 1. The monoisotopic (exact) mass is 541 g/mol. The number of ether oxygens (including phenoxy) is 1. The molecule has 0 bridgehead atoms. The average Bonchev–Trinajstić information content (AvgIpc) is 3.70. The molecule has 0 aromatic carbocycles. The maximum atomic E-state index is 14.3. The zero-order chi connectivity index (χ0) is 27.5. The third kappa shape index (κ3) is 6.43. The van der Waals surface area contributed by atoms with Crippen LogP contribution in [-0.4, -0.2) is 79.0 Å². The lowest BCUT2D eigenvalue weighted by Crippen LogP contribution is -2.55. The number of amides is 3. The highest BCUT2D eigenvalue weighted by atomic mass is 16.5. The Bertz CT molecular complexity index is 949. The van der Waals surface area contributed by atoms with Crippen molar-refractivity contribution in [3.8, 4) is 6.07 Å². The molecule has 2 heterocycles. The van der Waals surface area contributed by atoms with Crippen LogP contribution >= 0.6 is 0 Å². The summed E-state index contributed by atoms with van der Waals surface area (Å²) < 4.78 is 5.48. The van der Waals surface area contributed by atoms with Gasteiger partial charge >= 0.3 is 0 Å². The van der Waals surface area contributed by atoms with E-state index >= 15 is 0 Å². The minimum atomic E-state index is -0.922. The minimum absolute atomic E-state index is 0.115. The number of carbonyl (C=O) groups excluding carboxylic acids is 3. The summed E-state index contributed by atoms with van der Waals surface area (Å²) in [6.07, 6.45) is 11.3. The predicted molar refractivity (Wildman–Crippen MR) is 146 cm³/mol. The topological polar surface area (TPSA) is 129 Å². The molecule has 3 aliphatic carbocycles. The Morgan fingerprint density at radius 3 is 2.36 bits per heavy atom. The van der Waals surface area contributed by atoms with Crippen LogP contribution in [0.5, 0.6) is 0 Å². The summed E-state index contributed by atoms with van der Waals surface area (Å²) in [6.45, 7) is 4.59. The molecule has 3 amide bonds. The summed E-state index contributed by atoms with van der Waals surface area (Å²) in [5, 5.41) is 13.5. The first kappa shape index (κ1) is 28.4. The van der Waals surface area contributed by atoms with Crippen molar-refractivity contribution in [2.75, 3.05) is 45.9 Å². The number of nitrogens with one attached hydrogen (secondary N) is 1. The van der Waals surface area contributed by atoms with Crippen LogP contribution in [0.4, 0.5) is 0 Å². The van der Waals surface area contributed by atoms with Crippen LogP contribution in [0.2, 0.25) is 0 Å². The van der Waals surface area contributed by atoms with Gasteiger partial charge in [0.2, 0.25) is 17.7 Å². The molecule has 9 nitrogen and oxygen atoms in total. The Balaban J connectivity index is 1.40. The fourth-order valence-corrected chi connectivity index (χ4v) is 7.87. The smallest absolute Gasteiger partial charge is 0.226 e. The summed E-state index contributed by atoms with van der Waals surface area (Å²) in [4.78, 5) is 45.3. The molecule has 5 fully saturated rings. The van der Waals surface area contributed by atoms with Crippen molar-refractivity contribution in [3.05, 3.63) is 0 Å². The van der Waals surface area contributed by atoms with Crippen LogP contribution in [0.3, 0.4) is 0 Å². The SMILES string of the molecule is N#CC1(NC(=O)C(CC2(C(N)=O)CCCCC2)C2CCCCC2C(=O)N2CCOCC2)CCN(CC2CC2)C1. The van der Waals surface area contributed by atoms with Gasteiger partial charge in [0.1, 0.15) is 5.54 Å². The summed E-state index contributed by atoms with van der Waals surface area (Å²) in [5.41, 5.74) is 4.41. The van der Waals surface area contributed by atoms with E-state index in [-0.39, 0.29) is 29.6 Å². The Kier molecular flexibility index (Phi) is 8.82. The normalized spacial score (nSPS) is 32.2. The van der Waals surface area contributed by atoms with E-state index in [1.807, 2.05) is 4.90 Å². The number of morpholine rings is 1. The van der Waals surface area contributed by atoms with Gasteiger partial charge in [-0.15, -0.1) is 0 Å². The average molecular weight is 542 g/mol. The molecule has 5 rings (SSSR count). The summed E-state index contributed by atoms with van der Waals surface area (Å²) in [5.74, 6) is -0.585. The van der Waals surface area contributed by atoms with Gasteiger partial charge in [-0.05, 0) is 63.2 Å². The number of nitrogens with two attached hydrogens (primary N) is 1. The number of nitriles is 1. The van der Waals surface area contributed by atoms with Gasteiger partial charge in [-0.25, -0.2) is 0 Å². The number of hydrogen-bond acceptors (Lipinski definition) is 6. The number of rotatable bonds is 9. The van der Waals surface area contributed by atoms with Gasteiger partial charge in [-0.1, -0.05) is 32.1 Å². The molecule has 3 N–H and O–H groups in total. The highest BCUT2D eigenvalue weighted by molar-refractivity contribution is 5.86. The zero-order valence-electron chi connectivity index (χ0n) is 23.5. The van der Waals surface area contributed by atoms with E-state index < -0.39 is 16.9 Å². The number of carbonyl (C=O) groups is 3. The van der Waals surface area contributed by atoms with Crippen molar-refractivity contribution in [1.82, 2.24) is 15.1 Å². The minimum Gasteiger partial charge on any atom is -0.378 e. The molecular formula is C30H47N5O4. The van der Waals surface area contributed by atoms with Crippen LogP contribution in [0.1, 0.15) is 83.5 Å². The summed E-state index contributed by atoms with van der Waals surface area (Å²) in [7, 11) is 0. The van der Waals surface area contributed by atoms with Crippen LogP contribution in [0.15, 0.2) is 0 Å². The molecule has 216 valence electrons.